The van der Waals surface area contributed by atoms with E-state index in [0.717, 1.165) is 17.7 Å². The van der Waals surface area contributed by atoms with Gasteiger partial charge in [0, 0.05) is 18.0 Å². The van der Waals surface area contributed by atoms with Crippen molar-refractivity contribution in [2.45, 2.75) is 64.6 Å². The Morgan fingerprint density at radius 2 is 1.81 bits per heavy atom. The predicted molar refractivity (Wildman–Crippen MR) is 86.1 cm³/mol. The average Bonchev–Trinajstić information content (AvgIpc) is 2.79. The minimum absolute atomic E-state index is 0.138. The molecule has 1 fully saturated rings. The largest absolute Gasteiger partial charge is 0.372 e. The molecule has 3 nitrogen and oxygen atoms in total. The van der Waals surface area contributed by atoms with Gasteiger partial charge >= 0.3 is 0 Å². The summed E-state index contributed by atoms with van der Waals surface area (Å²) in [5, 5.41) is 0. The first-order valence-corrected chi connectivity index (χ1v) is 9.01. The Morgan fingerprint density at radius 3 is 2.52 bits per heavy atom. The van der Waals surface area contributed by atoms with Crippen molar-refractivity contribution in [2.24, 2.45) is 0 Å². The van der Waals surface area contributed by atoms with Crippen molar-refractivity contribution >= 4 is 17.2 Å². The van der Waals surface area contributed by atoms with E-state index in [-0.39, 0.29) is 18.1 Å². The fraction of sp³-hybridized carbons (Fsp3) is 0.706. The molecule has 2 aliphatic rings. The highest BCUT2D eigenvalue weighted by molar-refractivity contribution is 7.14. The number of amides is 1. The zero-order chi connectivity index (χ0) is 14.8. The molecule has 0 unspecified atom stereocenters. The molecule has 1 aliphatic carbocycles. The van der Waals surface area contributed by atoms with Gasteiger partial charge in [-0.1, -0.05) is 12.8 Å². The second-order valence-corrected chi connectivity index (χ2v) is 7.58. The van der Waals surface area contributed by atoms with Crippen LogP contribution >= 0.6 is 11.3 Å². The molecule has 4 heteroatoms. The first kappa shape index (κ1) is 15.0. The molecule has 0 spiro atoms. The number of carbonyl (C=O) groups excluding carboxylic acids is 1. The van der Waals surface area contributed by atoms with Gasteiger partial charge in [0.25, 0.3) is 5.91 Å². The molecule has 1 aliphatic heterocycles. The maximum atomic E-state index is 12.8. The molecule has 1 aromatic rings. The first-order chi connectivity index (χ1) is 10.1. The number of fused-ring (bicyclic) bond motifs is 1. The Balaban J connectivity index is 1.76. The van der Waals surface area contributed by atoms with Crippen LogP contribution in [-0.2, 0) is 17.6 Å². The zero-order valence-corrected chi connectivity index (χ0v) is 13.9. The summed E-state index contributed by atoms with van der Waals surface area (Å²) in [6, 6.07) is 2.17. The summed E-state index contributed by atoms with van der Waals surface area (Å²) in [6.07, 6.45) is 7.78. The van der Waals surface area contributed by atoms with E-state index in [1.807, 2.05) is 18.7 Å². The molecule has 116 valence electrons. The number of carbonyl (C=O) groups is 1. The number of thiophene rings is 1. The summed E-state index contributed by atoms with van der Waals surface area (Å²) >= 11 is 1.73. The number of rotatable bonds is 1. The molecule has 2 heterocycles. The van der Waals surface area contributed by atoms with Crippen LogP contribution in [0.5, 0.6) is 0 Å². The summed E-state index contributed by atoms with van der Waals surface area (Å²) in [6.45, 7) is 5.52. The van der Waals surface area contributed by atoms with E-state index in [9.17, 15) is 4.79 Å². The SMILES string of the molecule is C[C@H]1CN(C(=O)c2cc3c(s2)CCCCCC3)C[C@H](C)O1. The number of hydrogen-bond donors (Lipinski definition) is 0. The number of morpholine rings is 1. The minimum atomic E-state index is 0.138. The van der Waals surface area contributed by atoms with Crippen LogP contribution in [0.1, 0.15) is 59.6 Å². The third-order valence-electron chi connectivity index (χ3n) is 4.41. The third kappa shape index (κ3) is 3.49. The monoisotopic (exact) mass is 307 g/mol. The number of hydrogen-bond acceptors (Lipinski definition) is 3. The van der Waals surface area contributed by atoms with Gasteiger partial charge < -0.3 is 9.64 Å². The third-order valence-corrected chi connectivity index (χ3v) is 5.64. The van der Waals surface area contributed by atoms with Crippen molar-refractivity contribution in [3.63, 3.8) is 0 Å². The molecule has 0 saturated carbocycles. The van der Waals surface area contributed by atoms with Gasteiger partial charge in [0.1, 0.15) is 0 Å². The smallest absolute Gasteiger partial charge is 0.264 e. The molecular formula is C17H25NO2S. The Kier molecular flexibility index (Phi) is 4.65. The van der Waals surface area contributed by atoms with Crippen molar-refractivity contribution in [3.05, 3.63) is 21.4 Å². The lowest BCUT2D eigenvalue weighted by molar-refractivity contribution is -0.0585. The van der Waals surface area contributed by atoms with Gasteiger partial charge in [-0.2, -0.15) is 0 Å². The molecule has 0 aromatic carbocycles. The highest BCUT2D eigenvalue weighted by Crippen LogP contribution is 2.29. The summed E-state index contributed by atoms with van der Waals surface area (Å²) in [5.74, 6) is 0.203. The van der Waals surface area contributed by atoms with E-state index in [1.54, 1.807) is 11.3 Å². The molecule has 21 heavy (non-hydrogen) atoms. The quantitative estimate of drug-likeness (QED) is 0.792. The maximum absolute atomic E-state index is 12.8. The summed E-state index contributed by atoms with van der Waals surface area (Å²) < 4.78 is 5.73. The van der Waals surface area contributed by atoms with Crippen LogP contribution in [0.15, 0.2) is 6.07 Å². The lowest BCUT2D eigenvalue weighted by Crippen LogP contribution is -2.48. The lowest BCUT2D eigenvalue weighted by atomic mass is 10.00. The van der Waals surface area contributed by atoms with Crippen molar-refractivity contribution in [1.82, 2.24) is 4.90 Å². The van der Waals surface area contributed by atoms with E-state index in [1.165, 1.54) is 36.1 Å². The molecule has 2 atom stereocenters. The molecule has 0 bridgehead atoms. The van der Waals surface area contributed by atoms with Crippen LogP contribution in [-0.4, -0.2) is 36.1 Å². The van der Waals surface area contributed by atoms with Crippen molar-refractivity contribution in [1.29, 1.82) is 0 Å². The topological polar surface area (TPSA) is 29.5 Å². The van der Waals surface area contributed by atoms with Gasteiger partial charge in [0.2, 0.25) is 0 Å². The number of nitrogens with zero attached hydrogens (tertiary/aromatic N) is 1. The van der Waals surface area contributed by atoms with Crippen LogP contribution < -0.4 is 0 Å². The van der Waals surface area contributed by atoms with Gasteiger partial charge in [0.05, 0.1) is 17.1 Å². The van der Waals surface area contributed by atoms with Gasteiger partial charge in [-0.05, 0) is 51.2 Å². The molecule has 0 radical (unpaired) electrons. The van der Waals surface area contributed by atoms with Gasteiger partial charge in [-0.3, -0.25) is 4.79 Å². The van der Waals surface area contributed by atoms with E-state index < -0.39 is 0 Å². The van der Waals surface area contributed by atoms with E-state index in [4.69, 9.17) is 4.74 Å². The minimum Gasteiger partial charge on any atom is -0.372 e. The Hall–Kier alpha value is -0.870. The predicted octanol–water partition coefficient (Wildman–Crippen LogP) is 3.66. The highest BCUT2D eigenvalue weighted by Gasteiger charge is 2.28. The van der Waals surface area contributed by atoms with Gasteiger partial charge in [-0.15, -0.1) is 11.3 Å². The molecule has 1 aromatic heterocycles. The van der Waals surface area contributed by atoms with Crippen LogP contribution in [0.3, 0.4) is 0 Å². The number of ether oxygens (including phenoxy) is 1. The summed E-state index contributed by atoms with van der Waals surface area (Å²) in [4.78, 5) is 17.1. The average molecular weight is 307 g/mol. The van der Waals surface area contributed by atoms with Crippen molar-refractivity contribution < 1.29 is 9.53 Å². The standard InChI is InChI=1S/C17H25NO2S/c1-12-10-18(11-13(2)20-12)17(19)16-9-14-7-5-3-4-6-8-15(14)21-16/h9,12-13H,3-8,10-11H2,1-2H3/t12-,13-/m0/s1. The highest BCUT2D eigenvalue weighted by atomic mass is 32.1. The fourth-order valence-electron chi connectivity index (χ4n) is 3.45. The zero-order valence-electron chi connectivity index (χ0n) is 13.1. The number of aryl methyl sites for hydroxylation is 2. The Labute approximate surface area is 131 Å². The lowest BCUT2D eigenvalue weighted by Gasteiger charge is -2.35. The van der Waals surface area contributed by atoms with E-state index in [0.29, 0.717) is 13.1 Å². The van der Waals surface area contributed by atoms with Gasteiger partial charge in [-0.25, -0.2) is 0 Å². The van der Waals surface area contributed by atoms with E-state index >= 15 is 0 Å². The van der Waals surface area contributed by atoms with Crippen LogP contribution in [0, 0.1) is 0 Å². The van der Waals surface area contributed by atoms with Crippen LogP contribution in [0.2, 0.25) is 0 Å². The summed E-state index contributed by atoms with van der Waals surface area (Å²) in [5.41, 5.74) is 1.43. The second-order valence-electron chi connectivity index (χ2n) is 6.44. The fourth-order valence-corrected chi connectivity index (χ4v) is 4.67. The maximum Gasteiger partial charge on any atom is 0.264 e. The van der Waals surface area contributed by atoms with Crippen LogP contribution in [0.4, 0.5) is 0 Å². The van der Waals surface area contributed by atoms with Gasteiger partial charge in [0.15, 0.2) is 0 Å². The molecule has 1 amide bonds. The molecule has 3 rings (SSSR count). The normalized spacial score (nSPS) is 26.9. The molecular weight excluding hydrogens is 282 g/mol. The van der Waals surface area contributed by atoms with Crippen molar-refractivity contribution in [2.75, 3.05) is 13.1 Å². The first-order valence-electron chi connectivity index (χ1n) is 8.20. The van der Waals surface area contributed by atoms with E-state index in [2.05, 4.69) is 6.07 Å². The van der Waals surface area contributed by atoms with Crippen molar-refractivity contribution in [3.8, 4) is 0 Å². The Morgan fingerprint density at radius 1 is 1.14 bits per heavy atom. The summed E-state index contributed by atoms with van der Waals surface area (Å²) in [7, 11) is 0. The second kappa shape index (κ2) is 6.49. The Bertz CT molecular complexity index is 475. The molecule has 1 saturated heterocycles. The molecule has 0 N–H and O–H groups in total. The van der Waals surface area contributed by atoms with Crippen LogP contribution in [0.25, 0.3) is 0 Å².